The average Bonchev–Trinajstić information content (AvgIpc) is 2.34. The Hall–Kier alpha value is -1.55. The minimum absolute atomic E-state index is 0.351. The first-order chi connectivity index (χ1) is 8.52. The molecule has 0 aliphatic heterocycles. The predicted molar refractivity (Wildman–Crippen MR) is 70.7 cm³/mol. The van der Waals surface area contributed by atoms with Gasteiger partial charge in [-0.15, -0.1) is 0 Å². The van der Waals surface area contributed by atoms with Gasteiger partial charge in [-0.2, -0.15) is 0 Å². The molecule has 0 fully saturated rings. The lowest BCUT2D eigenvalue weighted by Gasteiger charge is -2.16. The third-order valence-corrected chi connectivity index (χ3v) is 2.69. The van der Waals surface area contributed by atoms with Gasteiger partial charge in [0.2, 0.25) is 0 Å². The van der Waals surface area contributed by atoms with Crippen LogP contribution < -0.4 is 10.1 Å². The molecule has 0 spiro atoms. The first-order valence-corrected chi connectivity index (χ1v) is 6.12. The summed E-state index contributed by atoms with van der Waals surface area (Å²) in [7, 11) is 1.62. The summed E-state index contributed by atoms with van der Waals surface area (Å²) in [5.74, 6) is 0.334. The fourth-order valence-corrected chi connectivity index (χ4v) is 1.77. The van der Waals surface area contributed by atoms with Crippen LogP contribution in [0.5, 0.6) is 5.75 Å². The van der Waals surface area contributed by atoms with Crippen LogP contribution in [0, 0.1) is 5.92 Å². The van der Waals surface area contributed by atoms with Gasteiger partial charge in [0.1, 0.15) is 11.8 Å². The summed E-state index contributed by atoms with van der Waals surface area (Å²) in [5, 5.41) is 12.2. The van der Waals surface area contributed by atoms with Gasteiger partial charge in [-0.3, -0.25) is 4.79 Å². The quantitative estimate of drug-likeness (QED) is 0.780. The number of hydrogen-bond acceptors (Lipinski definition) is 3. The van der Waals surface area contributed by atoms with Crippen molar-refractivity contribution in [1.82, 2.24) is 5.32 Å². The van der Waals surface area contributed by atoms with E-state index in [2.05, 4.69) is 5.32 Å². The van der Waals surface area contributed by atoms with Crippen LogP contribution in [0.1, 0.15) is 25.8 Å². The Morgan fingerprint density at radius 1 is 1.44 bits per heavy atom. The molecule has 1 rings (SSSR count). The molecule has 2 N–H and O–H groups in total. The van der Waals surface area contributed by atoms with Gasteiger partial charge in [0.15, 0.2) is 0 Å². The van der Waals surface area contributed by atoms with Crippen LogP contribution in [0.4, 0.5) is 0 Å². The van der Waals surface area contributed by atoms with Gasteiger partial charge in [-0.25, -0.2) is 0 Å². The van der Waals surface area contributed by atoms with E-state index in [9.17, 15) is 4.79 Å². The zero-order chi connectivity index (χ0) is 13.5. The Morgan fingerprint density at radius 3 is 2.72 bits per heavy atom. The van der Waals surface area contributed by atoms with Crippen molar-refractivity contribution in [2.45, 2.75) is 32.9 Å². The van der Waals surface area contributed by atoms with E-state index in [1.807, 2.05) is 38.1 Å². The van der Waals surface area contributed by atoms with Crippen LogP contribution in [0.15, 0.2) is 24.3 Å². The highest BCUT2D eigenvalue weighted by molar-refractivity contribution is 5.73. The summed E-state index contributed by atoms with van der Waals surface area (Å²) < 4.78 is 5.13. The highest BCUT2D eigenvalue weighted by Gasteiger charge is 2.17. The van der Waals surface area contributed by atoms with Gasteiger partial charge in [-0.05, 0) is 30.0 Å². The van der Waals surface area contributed by atoms with Crippen molar-refractivity contribution in [3.63, 3.8) is 0 Å². The molecule has 4 nitrogen and oxygen atoms in total. The van der Waals surface area contributed by atoms with Crippen molar-refractivity contribution in [1.29, 1.82) is 0 Å². The van der Waals surface area contributed by atoms with Crippen LogP contribution in [0.3, 0.4) is 0 Å². The molecule has 0 saturated heterocycles. The van der Waals surface area contributed by atoms with Gasteiger partial charge in [0, 0.05) is 6.54 Å². The van der Waals surface area contributed by atoms with Crippen LogP contribution in [-0.2, 0) is 11.3 Å². The minimum Gasteiger partial charge on any atom is -0.497 e. The molecule has 0 aliphatic carbocycles. The Bertz CT molecular complexity index is 390. The Morgan fingerprint density at radius 2 is 2.17 bits per heavy atom. The molecule has 0 unspecified atom stereocenters. The summed E-state index contributed by atoms with van der Waals surface area (Å²) in [6.07, 6.45) is 0.624. The molecule has 4 heteroatoms. The number of nitrogens with one attached hydrogen (secondary N) is 1. The molecule has 0 bridgehead atoms. The van der Waals surface area contributed by atoms with E-state index in [-0.39, 0.29) is 0 Å². The van der Waals surface area contributed by atoms with Gasteiger partial charge in [0.05, 0.1) is 7.11 Å². The van der Waals surface area contributed by atoms with E-state index < -0.39 is 12.0 Å². The lowest BCUT2D eigenvalue weighted by atomic mass is 10.0. The van der Waals surface area contributed by atoms with Crippen LogP contribution in [0.2, 0.25) is 0 Å². The summed E-state index contributed by atoms with van der Waals surface area (Å²) >= 11 is 0. The predicted octanol–water partition coefficient (Wildman–Crippen LogP) is 2.28. The molecular formula is C14H21NO3. The first kappa shape index (κ1) is 14.5. The number of hydrogen-bond donors (Lipinski definition) is 2. The fourth-order valence-electron chi connectivity index (χ4n) is 1.77. The number of carbonyl (C=O) groups is 1. The zero-order valence-electron chi connectivity index (χ0n) is 11.1. The third-order valence-electron chi connectivity index (χ3n) is 2.69. The first-order valence-electron chi connectivity index (χ1n) is 6.12. The molecule has 0 aliphatic rings. The molecule has 18 heavy (non-hydrogen) atoms. The molecular weight excluding hydrogens is 230 g/mol. The second kappa shape index (κ2) is 7.01. The number of benzene rings is 1. The molecule has 100 valence electrons. The standard InChI is InChI=1S/C14H21NO3/c1-10(2)7-13(14(16)17)15-9-11-5-4-6-12(8-11)18-3/h4-6,8,10,13,15H,7,9H2,1-3H3,(H,16,17)/t13-/m0/s1. The second-order valence-electron chi connectivity index (χ2n) is 4.75. The lowest BCUT2D eigenvalue weighted by molar-refractivity contribution is -0.140. The summed E-state index contributed by atoms with van der Waals surface area (Å²) in [5.41, 5.74) is 1.02. The molecule has 1 aromatic carbocycles. The Kier molecular flexibility index (Phi) is 5.65. The van der Waals surface area contributed by atoms with E-state index >= 15 is 0 Å². The SMILES string of the molecule is COc1cccc(CN[C@@H](CC(C)C)C(=O)O)c1. The molecule has 0 aromatic heterocycles. The van der Waals surface area contributed by atoms with Gasteiger partial charge >= 0.3 is 5.97 Å². The fraction of sp³-hybridized carbons (Fsp3) is 0.500. The topological polar surface area (TPSA) is 58.6 Å². The lowest BCUT2D eigenvalue weighted by Crippen LogP contribution is -2.37. The maximum Gasteiger partial charge on any atom is 0.320 e. The monoisotopic (exact) mass is 251 g/mol. The summed E-state index contributed by atoms with van der Waals surface area (Å²) in [6, 6.07) is 7.11. The van der Waals surface area contributed by atoms with Gasteiger partial charge in [-0.1, -0.05) is 26.0 Å². The molecule has 0 saturated carbocycles. The number of carboxylic acid groups (broad SMARTS) is 1. The molecule has 0 amide bonds. The van der Waals surface area contributed by atoms with E-state index in [1.165, 1.54) is 0 Å². The number of aliphatic carboxylic acids is 1. The van der Waals surface area contributed by atoms with E-state index in [0.717, 1.165) is 11.3 Å². The summed E-state index contributed by atoms with van der Waals surface area (Å²) in [6.45, 7) is 4.56. The van der Waals surface area contributed by atoms with Crippen LogP contribution in [0.25, 0.3) is 0 Å². The van der Waals surface area contributed by atoms with Crippen molar-refractivity contribution in [3.8, 4) is 5.75 Å². The zero-order valence-corrected chi connectivity index (χ0v) is 11.1. The minimum atomic E-state index is -0.799. The van der Waals surface area contributed by atoms with E-state index in [1.54, 1.807) is 7.11 Å². The molecule has 0 heterocycles. The normalized spacial score (nSPS) is 12.4. The number of carboxylic acids is 1. The highest BCUT2D eigenvalue weighted by Crippen LogP contribution is 2.13. The van der Waals surface area contributed by atoms with E-state index in [0.29, 0.717) is 18.9 Å². The molecule has 1 aromatic rings. The maximum absolute atomic E-state index is 11.1. The maximum atomic E-state index is 11.1. The number of rotatable bonds is 7. The molecule has 0 radical (unpaired) electrons. The van der Waals surface area contributed by atoms with Crippen molar-refractivity contribution in [2.24, 2.45) is 5.92 Å². The van der Waals surface area contributed by atoms with Gasteiger partial charge < -0.3 is 15.2 Å². The summed E-state index contributed by atoms with van der Waals surface area (Å²) in [4.78, 5) is 11.1. The van der Waals surface area contributed by atoms with Gasteiger partial charge in [0.25, 0.3) is 0 Å². The number of methoxy groups -OCH3 is 1. The average molecular weight is 251 g/mol. The largest absolute Gasteiger partial charge is 0.497 e. The Balaban J connectivity index is 2.58. The van der Waals surface area contributed by atoms with Crippen LogP contribution >= 0.6 is 0 Å². The highest BCUT2D eigenvalue weighted by atomic mass is 16.5. The van der Waals surface area contributed by atoms with Crippen molar-refractivity contribution in [2.75, 3.05) is 7.11 Å². The number of ether oxygens (including phenoxy) is 1. The third kappa shape index (κ3) is 4.75. The van der Waals surface area contributed by atoms with Crippen molar-refractivity contribution < 1.29 is 14.6 Å². The molecule has 1 atom stereocenters. The van der Waals surface area contributed by atoms with E-state index in [4.69, 9.17) is 9.84 Å². The van der Waals surface area contributed by atoms with Crippen molar-refractivity contribution in [3.05, 3.63) is 29.8 Å². The van der Waals surface area contributed by atoms with Crippen LogP contribution in [-0.4, -0.2) is 24.2 Å². The van der Waals surface area contributed by atoms with Crippen molar-refractivity contribution >= 4 is 5.97 Å². The Labute approximate surface area is 108 Å². The second-order valence-corrected chi connectivity index (χ2v) is 4.75. The smallest absolute Gasteiger partial charge is 0.320 e.